The molecule has 0 aromatic heterocycles. The van der Waals surface area contributed by atoms with E-state index in [0.717, 1.165) is 32.1 Å². The molecular formula is C13H27NO. The van der Waals surface area contributed by atoms with Crippen LogP contribution in [0.2, 0.25) is 0 Å². The van der Waals surface area contributed by atoms with Crippen LogP contribution in [-0.2, 0) is 0 Å². The smallest absolute Gasteiger partial charge is 0.0682 e. The first-order valence-corrected chi connectivity index (χ1v) is 6.20. The summed E-state index contributed by atoms with van der Waals surface area (Å²) in [6.45, 7) is 10.9. The van der Waals surface area contributed by atoms with E-state index in [4.69, 9.17) is 0 Å². The zero-order chi connectivity index (χ0) is 11.7. The fourth-order valence-corrected chi connectivity index (χ4v) is 3.39. The molecule has 0 aliphatic carbocycles. The monoisotopic (exact) mass is 213 g/mol. The van der Waals surface area contributed by atoms with Crippen LogP contribution < -0.4 is 5.32 Å². The summed E-state index contributed by atoms with van der Waals surface area (Å²) in [4.78, 5) is 0. The van der Waals surface area contributed by atoms with Gasteiger partial charge < -0.3 is 10.4 Å². The average Bonchev–Trinajstić information content (AvgIpc) is 1.93. The lowest BCUT2D eigenvalue weighted by molar-refractivity contribution is -0.0627. The van der Waals surface area contributed by atoms with Gasteiger partial charge in [0.2, 0.25) is 0 Å². The summed E-state index contributed by atoms with van der Waals surface area (Å²) in [5.74, 6) is 0. The molecule has 1 rings (SSSR count). The van der Waals surface area contributed by atoms with Crippen LogP contribution in [0.15, 0.2) is 0 Å². The predicted molar refractivity (Wildman–Crippen MR) is 65.0 cm³/mol. The average molecular weight is 213 g/mol. The van der Waals surface area contributed by atoms with Gasteiger partial charge in [0.25, 0.3) is 0 Å². The Kier molecular flexibility index (Phi) is 3.52. The van der Waals surface area contributed by atoms with E-state index in [0.29, 0.717) is 0 Å². The Bertz CT molecular complexity index is 205. The number of rotatable bonds is 3. The van der Waals surface area contributed by atoms with Gasteiger partial charge in [0.05, 0.1) is 5.60 Å². The van der Waals surface area contributed by atoms with E-state index in [1.165, 1.54) is 0 Å². The first-order valence-electron chi connectivity index (χ1n) is 6.20. The molecule has 0 saturated carbocycles. The highest BCUT2D eigenvalue weighted by Crippen LogP contribution is 2.38. The Balaban J connectivity index is 2.73. The summed E-state index contributed by atoms with van der Waals surface area (Å²) >= 11 is 0. The Labute approximate surface area is 94.5 Å². The van der Waals surface area contributed by atoms with Crippen LogP contribution in [0.5, 0.6) is 0 Å². The maximum absolute atomic E-state index is 10.6. The molecule has 0 radical (unpaired) electrons. The molecule has 0 aromatic carbocycles. The molecule has 0 spiro atoms. The summed E-state index contributed by atoms with van der Waals surface area (Å²) in [5, 5.41) is 14.2. The highest BCUT2D eigenvalue weighted by Gasteiger charge is 2.45. The van der Waals surface area contributed by atoms with Crippen molar-refractivity contribution in [3.8, 4) is 0 Å². The zero-order valence-electron chi connectivity index (χ0n) is 11.0. The van der Waals surface area contributed by atoms with Crippen molar-refractivity contribution in [1.82, 2.24) is 5.32 Å². The normalized spacial score (nSPS) is 27.6. The molecule has 15 heavy (non-hydrogen) atoms. The van der Waals surface area contributed by atoms with Crippen molar-refractivity contribution in [2.45, 2.75) is 83.4 Å². The molecule has 90 valence electrons. The zero-order valence-corrected chi connectivity index (χ0v) is 11.0. The SMILES string of the molecule is CCCCC1(O)CC(C)(C)NC(C)(C)C1. The second-order valence-corrected chi connectivity index (χ2v) is 6.57. The van der Waals surface area contributed by atoms with E-state index >= 15 is 0 Å². The van der Waals surface area contributed by atoms with Crippen LogP contribution in [0.3, 0.4) is 0 Å². The quantitative estimate of drug-likeness (QED) is 0.755. The molecule has 2 nitrogen and oxygen atoms in total. The molecule has 1 saturated heterocycles. The van der Waals surface area contributed by atoms with Gasteiger partial charge in [-0.3, -0.25) is 0 Å². The Hall–Kier alpha value is -0.0800. The van der Waals surface area contributed by atoms with Crippen LogP contribution in [0, 0.1) is 0 Å². The molecule has 2 heteroatoms. The van der Waals surface area contributed by atoms with E-state index in [-0.39, 0.29) is 11.1 Å². The third-order valence-corrected chi connectivity index (χ3v) is 3.21. The Morgan fingerprint density at radius 2 is 1.53 bits per heavy atom. The fraction of sp³-hybridized carbons (Fsp3) is 1.00. The lowest BCUT2D eigenvalue weighted by Gasteiger charge is -2.51. The van der Waals surface area contributed by atoms with Gasteiger partial charge in [0, 0.05) is 11.1 Å². The van der Waals surface area contributed by atoms with Gasteiger partial charge >= 0.3 is 0 Å². The molecule has 1 aliphatic heterocycles. The number of piperidine rings is 1. The van der Waals surface area contributed by atoms with Crippen molar-refractivity contribution in [3.05, 3.63) is 0 Å². The summed E-state index contributed by atoms with van der Waals surface area (Å²) < 4.78 is 0. The van der Waals surface area contributed by atoms with Gasteiger partial charge in [0.15, 0.2) is 0 Å². The number of hydrogen-bond donors (Lipinski definition) is 2. The summed E-state index contributed by atoms with van der Waals surface area (Å²) in [5.41, 5.74) is -0.372. The van der Waals surface area contributed by atoms with E-state index in [2.05, 4.69) is 39.9 Å². The maximum atomic E-state index is 10.6. The molecular weight excluding hydrogens is 186 g/mol. The minimum Gasteiger partial charge on any atom is -0.390 e. The van der Waals surface area contributed by atoms with Gasteiger partial charge in [-0.2, -0.15) is 0 Å². The minimum absolute atomic E-state index is 0.0459. The van der Waals surface area contributed by atoms with Crippen LogP contribution in [0.25, 0.3) is 0 Å². The van der Waals surface area contributed by atoms with Crippen LogP contribution in [0.4, 0.5) is 0 Å². The topological polar surface area (TPSA) is 32.3 Å². The highest BCUT2D eigenvalue weighted by atomic mass is 16.3. The van der Waals surface area contributed by atoms with E-state index in [1.54, 1.807) is 0 Å². The Morgan fingerprint density at radius 3 is 1.93 bits per heavy atom. The summed E-state index contributed by atoms with van der Waals surface area (Å²) in [6.07, 6.45) is 4.96. The first-order chi connectivity index (χ1) is 6.68. The van der Waals surface area contributed by atoms with Gasteiger partial charge in [0.1, 0.15) is 0 Å². The summed E-state index contributed by atoms with van der Waals surface area (Å²) in [7, 11) is 0. The number of unbranched alkanes of at least 4 members (excludes halogenated alkanes) is 1. The lowest BCUT2D eigenvalue weighted by Crippen LogP contribution is -2.63. The number of aliphatic hydroxyl groups is 1. The number of hydrogen-bond acceptors (Lipinski definition) is 2. The standard InChI is InChI=1S/C13H27NO/c1-6-7-8-13(15)9-11(2,3)14-12(4,5)10-13/h14-15H,6-10H2,1-5H3. The maximum Gasteiger partial charge on any atom is 0.0682 e. The van der Waals surface area contributed by atoms with Crippen molar-refractivity contribution in [2.24, 2.45) is 0 Å². The molecule has 0 amide bonds. The third-order valence-electron chi connectivity index (χ3n) is 3.21. The fourth-order valence-electron chi connectivity index (χ4n) is 3.39. The molecule has 1 heterocycles. The van der Waals surface area contributed by atoms with Crippen LogP contribution in [-0.4, -0.2) is 21.8 Å². The molecule has 1 aliphatic rings. The van der Waals surface area contributed by atoms with Crippen molar-refractivity contribution in [1.29, 1.82) is 0 Å². The van der Waals surface area contributed by atoms with Crippen molar-refractivity contribution >= 4 is 0 Å². The van der Waals surface area contributed by atoms with E-state index < -0.39 is 5.60 Å². The number of nitrogens with one attached hydrogen (secondary N) is 1. The molecule has 0 unspecified atom stereocenters. The summed E-state index contributed by atoms with van der Waals surface area (Å²) in [6, 6.07) is 0. The molecule has 2 N–H and O–H groups in total. The lowest BCUT2D eigenvalue weighted by atomic mass is 9.71. The van der Waals surface area contributed by atoms with Gasteiger partial charge in [-0.1, -0.05) is 19.8 Å². The predicted octanol–water partition coefficient (Wildman–Crippen LogP) is 2.85. The van der Waals surface area contributed by atoms with E-state index in [9.17, 15) is 5.11 Å². The molecule has 0 bridgehead atoms. The first kappa shape index (κ1) is 13.0. The molecule has 0 atom stereocenters. The minimum atomic E-state index is -0.464. The van der Waals surface area contributed by atoms with Crippen LogP contribution in [0.1, 0.15) is 66.7 Å². The van der Waals surface area contributed by atoms with Gasteiger partial charge in [-0.25, -0.2) is 0 Å². The third kappa shape index (κ3) is 3.76. The largest absolute Gasteiger partial charge is 0.390 e. The van der Waals surface area contributed by atoms with Crippen LogP contribution >= 0.6 is 0 Å². The molecule has 0 aromatic rings. The van der Waals surface area contributed by atoms with Crippen molar-refractivity contribution < 1.29 is 5.11 Å². The van der Waals surface area contributed by atoms with Gasteiger partial charge in [-0.05, 0) is 47.0 Å². The van der Waals surface area contributed by atoms with Gasteiger partial charge in [-0.15, -0.1) is 0 Å². The Morgan fingerprint density at radius 1 is 1.07 bits per heavy atom. The van der Waals surface area contributed by atoms with Crippen molar-refractivity contribution in [2.75, 3.05) is 0 Å². The second-order valence-electron chi connectivity index (χ2n) is 6.57. The highest BCUT2D eigenvalue weighted by molar-refractivity contribution is 5.03. The van der Waals surface area contributed by atoms with E-state index in [1.807, 2.05) is 0 Å². The van der Waals surface area contributed by atoms with Crippen molar-refractivity contribution in [3.63, 3.8) is 0 Å². The second kappa shape index (κ2) is 4.06. The molecule has 1 fully saturated rings.